The summed E-state index contributed by atoms with van der Waals surface area (Å²) in [7, 11) is 0. The molecule has 0 N–H and O–H groups in total. The van der Waals surface area contributed by atoms with Gasteiger partial charge in [0.15, 0.2) is 0 Å². The Morgan fingerprint density at radius 3 is 2.27 bits per heavy atom. The third kappa shape index (κ3) is 4.14. The average molecular weight is 411 g/mol. The van der Waals surface area contributed by atoms with Crippen LogP contribution in [-0.4, -0.2) is 53.9 Å². The molecule has 2 saturated heterocycles. The number of piperidine rings is 1. The Morgan fingerprint density at radius 2 is 1.60 bits per heavy atom. The molecule has 0 bridgehead atoms. The predicted molar refractivity (Wildman–Crippen MR) is 115 cm³/mol. The number of rotatable bonds is 4. The first kappa shape index (κ1) is 20.0. The number of hydrogen-bond donors (Lipinski definition) is 0. The molecule has 4 aliphatic rings. The summed E-state index contributed by atoms with van der Waals surface area (Å²) in [6, 6.07) is 10.6. The summed E-state index contributed by atoms with van der Waals surface area (Å²) in [4.78, 5) is 28.4. The van der Waals surface area contributed by atoms with Crippen LogP contribution in [0.15, 0.2) is 30.3 Å². The van der Waals surface area contributed by atoms with Gasteiger partial charge < -0.3 is 14.5 Å². The summed E-state index contributed by atoms with van der Waals surface area (Å²) in [5, 5.41) is 0. The summed E-state index contributed by atoms with van der Waals surface area (Å²) in [6.45, 7) is 4.53. The van der Waals surface area contributed by atoms with Crippen molar-refractivity contribution in [3.63, 3.8) is 0 Å². The maximum atomic E-state index is 12.3. The van der Waals surface area contributed by atoms with Crippen molar-refractivity contribution in [3.05, 3.63) is 35.9 Å². The third-order valence-corrected chi connectivity index (χ3v) is 8.20. The van der Waals surface area contributed by atoms with Crippen molar-refractivity contribution in [1.82, 2.24) is 9.80 Å². The van der Waals surface area contributed by atoms with Gasteiger partial charge in [-0.3, -0.25) is 4.79 Å². The van der Waals surface area contributed by atoms with Crippen molar-refractivity contribution in [1.29, 1.82) is 0 Å². The van der Waals surface area contributed by atoms with Gasteiger partial charge in [-0.25, -0.2) is 4.79 Å². The standard InChI is InChI=1S/C25H34N2O3/c28-23-8-6-20(7-9-23)21-10-12-26(13-11-21)22-14-25(15-22)17-27(18-25)24(29)30-16-19-4-2-1-3-5-19/h1-5,20-22H,6-18H2. The Balaban J connectivity index is 1.00. The highest BCUT2D eigenvalue weighted by Gasteiger charge is 2.55. The van der Waals surface area contributed by atoms with Gasteiger partial charge >= 0.3 is 6.09 Å². The van der Waals surface area contributed by atoms with E-state index in [2.05, 4.69) is 4.90 Å². The molecule has 4 fully saturated rings. The lowest BCUT2D eigenvalue weighted by atomic mass is 9.60. The third-order valence-electron chi connectivity index (χ3n) is 8.20. The molecule has 162 valence electrons. The first-order valence-electron chi connectivity index (χ1n) is 11.8. The largest absolute Gasteiger partial charge is 0.445 e. The first-order chi connectivity index (χ1) is 14.6. The number of carbonyl (C=O) groups excluding carboxylic acids is 2. The fourth-order valence-electron chi connectivity index (χ4n) is 6.35. The molecule has 30 heavy (non-hydrogen) atoms. The number of carbonyl (C=O) groups is 2. The summed E-state index contributed by atoms with van der Waals surface area (Å²) < 4.78 is 5.47. The van der Waals surface area contributed by atoms with E-state index in [4.69, 9.17) is 4.74 Å². The number of likely N-dealkylation sites (tertiary alicyclic amines) is 2. The Hall–Kier alpha value is -1.88. The lowest BCUT2D eigenvalue weighted by molar-refractivity contribution is -0.122. The van der Waals surface area contributed by atoms with Crippen molar-refractivity contribution in [2.24, 2.45) is 17.3 Å². The molecule has 0 radical (unpaired) electrons. The van der Waals surface area contributed by atoms with E-state index in [1.54, 1.807) is 0 Å². The SMILES string of the molecule is O=C1CCC(C2CCN(C3CC4(C3)CN(C(=O)OCc3ccccc3)C4)CC2)CC1. The molecule has 2 aliphatic carbocycles. The van der Waals surface area contributed by atoms with Gasteiger partial charge in [0, 0.05) is 37.4 Å². The van der Waals surface area contributed by atoms with E-state index in [0.29, 0.717) is 23.8 Å². The molecule has 5 heteroatoms. The minimum Gasteiger partial charge on any atom is -0.445 e. The van der Waals surface area contributed by atoms with E-state index < -0.39 is 0 Å². The molecular weight excluding hydrogens is 376 g/mol. The molecule has 2 saturated carbocycles. The normalized spacial score (nSPS) is 25.7. The minimum absolute atomic E-state index is 0.167. The van der Waals surface area contributed by atoms with Crippen molar-refractivity contribution in [2.45, 2.75) is 64.0 Å². The van der Waals surface area contributed by atoms with E-state index in [1.165, 1.54) is 38.8 Å². The zero-order valence-corrected chi connectivity index (χ0v) is 17.9. The minimum atomic E-state index is -0.167. The van der Waals surface area contributed by atoms with Crippen LogP contribution in [0.1, 0.15) is 56.9 Å². The number of ketones is 1. The second kappa shape index (κ2) is 8.33. The van der Waals surface area contributed by atoms with Gasteiger partial charge in [0.2, 0.25) is 0 Å². The van der Waals surface area contributed by atoms with Crippen LogP contribution >= 0.6 is 0 Å². The van der Waals surface area contributed by atoms with Gasteiger partial charge in [0.05, 0.1) is 0 Å². The molecule has 1 spiro atoms. The Bertz CT molecular complexity index is 748. The van der Waals surface area contributed by atoms with Gasteiger partial charge in [-0.15, -0.1) is 0 Å². The van der Waals surface area contributed by atoms with Gasteiger partial charge in [-0.05, 0) is 69.0 Å². The second-order valence-corrected chi connectivity index (χ2v) is 10.2. The van der Waals surface area contributed by atoms with Crippen molar-refractivity contribution >= 4 is 11.9 Å². The van der Waals surface area contributed by atoms with E-state index in [9.17, 15) is 9.59 Å². The van der Waals surface area contributed by atoms with Gasteiger partial charge in [0.1, 0.15) is 12.4 Å². The van der Waals surface area contributed by atoms with Gasteiger partial charge in [-0.2, -0.15) is 0 Å². The Morgan fingerprint density at radius 1 is 0.967 bits per heavy atom. The van der Waals surface area contributed by atoms with Gasteiger partial charge in [-0.1, -0.05) is 30.3 Å². The van der Waals surface area contributed by atoms with Crippen LogP contribution in [0.3, 0.4) is 0 Å². The molecule has 0 unspecified atom stereocenters. The topological polar surface area (TPSA) is 49.9 Å². The molecule has 5 rings (SSSR count). The summed E-state index contributed by atoms with van der Waals surface area (Å²) in [5.41, 5.74) is 1.39. The molecular formula is C25H34N2O3. The molecule has 2 aliphatic heterocycles. The summed E-state index contributed by atoms with van der Waals surface area (Å²) in [6.07, 6.45) is 8.82. The van der Waals surface area contributed by atoms with Crippen LogP contribution < -0.4 is 0 Å². The van der Waals surface area contributed by atoms with E-state index >= 15 is 0 Å². The van der Waals surface area contributed by atoms with Crippen LogP contribution in [-0.2, 0) is 16.1 Å². The molecule has 1 aromatic rings. The van der Waals surface area contributed by atoms with Crippen LogP contribution in [0.2, 0.25) is 0 Å². The van der Waals surface area contributed by atoms with E-state index in [1.807, 2.05) is 35.2 Å². The zero-order chi connectivity index (χ0) is 20.6. The van der Waals surface area contributed by atoms with Crippen LogP contribution in [0.25, 0.3) is 0 Å². The van der Waals surface area contributed by atoms with Crippen molar-refractivity contribution in [3.8, 4) is 0 Å². The van der Waals surface area contributed by atoms with E-state index in [0.717, 1.165) is 56.2 Å². The highest BCUT2D eigenvalue weighted by atomic mass is 16.6. The molecule has 5 nitrogen and oxygen atoms in total. The van der Waals surface area contributed by atoms with Crippen molar-refractivity contribution < 1.29 is 14.3 Å². The number of amides is 1. The molecule has 2 heterocycles. The molecule has 0 aromatic heterocycles. The first-order valence-corrected chi connectivity index (χ1v) is 11.8. The highest BCUT2D eigenvalue weighted by Crippen LogP contribution is 2.51. The second-order valence-electron chi connectivity index (χ2n) is 10.2. The monoisotopic (exact) mass is 410 g/mol. The molecule has 1 aromatic carbocycles. The number of Topliss-reactive ketones (excluding diaryl/α,β-unsaturated/α-hetero) is 1. The molecule has 0 atom stereocenters. The maximum Gasteiger partial charge on any atom is 0.410 e. The lowest BCUT2D eigenvalue weighted by Gasteiger charge is -2.61. The lowest BCUT2D eigenvalue weighted by Crippen LogP contribution is -2.68. The van der Waals surface area contributed by atoms with Crippen LogP contribution in [0, 0.1) is 17.3 Å². The number of nitrogens with zero attached hydrogens (tertiary/aromatic N) is 2. The summed E-state index contributed by atoms with van der Waals surface area (Å²) >= 11 is 0. The van der Waals surface area contributed by atoms with Crippen LogP contribution in [0.5, 0.6) is 0 Å². The highest BCUT2D eigenvalue weighted by molar-refractivity contribution is 5.79. The fraction of sp³-hybridized carbons (Fsp3) is 0.680. The zero-order valence-electron chi connectivity index (χ0n) is 17.9. The summed E-state index contributed by atoms with van der Waals surface area (Å²) in [5.74, 6) is 2.10. The Labute approximate surface area is 179 Å². The van der Waals surface area contributed by atoms with E-state index in [-0.39, 0.29) is 6.09 Å². The van der Waals surface area contributed by atoms with Crippen molar-refractivity contribution in [2.75, 3.05) is 26.2 Å². The molecule has 1 amide bonds. The Kier molecular flexibility index (Phi) is 5.57. The van der Waals surface area contributed by atoms with Crippen LogP contribution in [0.4, 0.5) is 4.79 Å². The number of benzene rings is 1. The van der Waals surface area contributed by atoms with Gasteiger partial charge in [0.25, 0.3) is 0 Å². The quantitative estimate of drug-likeness (QED) is 0.744. The average Bonchev–Trinajstić information content (AvgIpc) is 2.72. The maximum absolute atomic E-state index is 12.3. The number of hydrogen-bond acceptors (Lipinski definition) is 4. The smallest absolute Gasteiger partial charge is 0.410 e. The predicted octanol–water partition coefficient (Wildman–Crippen LogP) is 4.26. The fourth-order valence-corrected chi connectivity index (χ4v) is 6.35. The number of ether oxygens (including phenoxy) is 1.